The fourth-order valence-electron chi connectivity index (χ4n) is 6.76. The van der Waals surface area contributed by atoms with E-state index in [4.69, 9.17) is 0 Å². The van der Waals surface area contributed by atoms with Crippen LogP contribution in [0.2, 0.25) is 0 Å². The number of amides is 2. The Labute approximate surface area is 264 Å². The van der Waals surface area contributed by atoms with Crippen molar-refractivity contribution in [3.8, 4) is 5.69 Å². The van der Waals surface area contributed by atoms with Gasteiger partial charge in [-0.05, 0) is 43.0 Å². The molecule has 5 heterocycles. The van der Waals surface area contributed by atoms with Crippen molar-refractivity contribution in [3.05, 3.63) is 112 Å². The summed E-state index contributed by atoms with van der Waals surface area (Å²) in [7, 11) is 0. The Bertz CT molecular complexity index is 1860. The van der Waals surface area contributed by atoms with E-state index in [0.717, 1.165) is 11.3 Å². The van der Waals surface area contributed by atoms with Crippen molar-refractivity contribution >= 4 is 34.2 Å². The summed E-state index contributed by atoms with van der Waals surface area (Å²) in [6.07, 6.45) is 6.21. The van der Waals surface area contributed by atoms with E-state index in [1.165, 1.54) is 22.2 Å². The number of carbonyl (C=O) groups is 2. The molecule has 2 aliphatic rings. The van der Waals surface area contributed by atoms with E-state index < -0.39 is 5.60 Å². The minimum absolute atomic E-state index is 0.0491. The van der Waals surface area contributed by atoms with Gasteiger partial charge in [-0.25, -0.2) is 4.98 Å². The zero-order valence-corrected chi connectivity index (χ0v) is 25.6. The lowest BCUT2D eigenvalue weighted by Gasteiger charge is -2.43. The Morgan fingerprint density at radius 3 is 2.40 bits per heavy atom. The largest absolute Gasteiger partial charge is 0.388 e. The van der Waals surface area contributed by atoms with Gasteiger partial charge in [0.1, 0.15) is 11.2 Å². The highest BCUT2D eigenvalue weighted by Crippen LogP contribution is 2.36. The first-order chi connectivity index (χ1) is 21.9. The van der Waals surface area contributed by atoms with Crippen molar-refractivity contribution in [1.29, 1.82) is 0 Å². The van der Waals surface area contributed by atoms with Crippen molar-refractivity contribution in [2.75, 3.05) is 26.2 Å². The predicted octanol–water partition coefficient (Wildman–Crippen LogP) is 3.94. The summed E-state index contributed by atoms with van der Waals surface area (Å²) in [5, 5.41) is 12.0. The molecule has 1 N–H and O–H groups in total. The smallest absolute Gasteiger partial charge is 0.265 e. The highest BCUT2D eigenvalue weighted by Gasteiger charge is 2.41. The molecule has 230 valence electrons. The minimum Gasteiger partial charge on any atom is -0.388 e. The molecular weight excluding hydrogens is 588 g/mol. The van der Waals surface area contributed by atoms with Crippen LogP contribution in [0.1, 0.15) is 40.4 Å². The van der Waals surface area contributed by atoms with Gasteiger partial charge in [0.05, 0.1) is 29.2 Å². The van der Waals surface area contributed by atoms with Gasteiger partial charge in [0.2, 0.25) is 5.91 Å². The van der Waals surface area contributed by atoms with Crippen LogP contribution in [0.25, 0.3) is 16.7 Å². The van der Waals surface area contributed by atoms with E-state index in [1.54, 1.807) is 17.8 Å². The van der Waals surface area contributed by atoms with Crippen LogP contribution in [0.4, 0.5) is 0 Å². The molecule has 10 nitrogen and oxygen atoms in total. The molecule has 2 atom stereocenters. The number of aliphatic hydroxyl groups is 1. The van der Waals surface area contributed by atoms with Crippen molar-refractivity contribution in [2.45, 2.75) is 37.3 Å². The molecule has 2 aromatic carbocycles. The molecule has 5 aromatic rings. The first-order valence-electron chi connectivity index (χ1n) is 15.3. The maximum Gasteiger partial charge on any atom is 0.265 e. The van der Waals surface area contributed by atoms with E-state index in [2.05, 4.69) is 9.97 Å². The summed E-state index contributed by atoms with van der Waals surface area (Å²) >= 11 is 1.33. The number of nitrogens with zero attached hydrogens (tertiary/aromatic N) is 6. The summed E-state index contributed by atoms with van der Waals surface area (Å²) < 4.78 is 3.36. The van der Waals surface area contributed by atoms with Gasteiger partial charge in [0, 0.05) is 49.9 Å². The third kappa shape index (κ3) is 5.69. The molecule has 0 spiro atoms. The lowest BCUT2D eigenvalue weighted by Crippen LogP contribution is -2.53. The highest BCUT2D eigenvalue weighted by molar-refractivity contribution is 7.11. The molecule has 2 aliphatic heterocycles. The quantitative estimate of drug-likeness (QED) is 0.307. The number of para-hydroxylation sites is 1. The maximum atomic E-state index is 14.0. The second-order valence-electron chi connectivity index (χ2n) is 12.0. The van der Waals surface area contributed by atoms with E-state index >= 15 is 0 Å². The highest BCUT2D eigenvalue weighted by atomic mass is 32.1. The van der Waals surface area contributed by atoms with Crippen LogP contribution in [0.5, 0.6) is 0 Å². The third-order valence-corrected chi connectivity index (χ3v) is 10.0. The normalized spacial score (nSPS) is 19.9. The summed E-state index contributed by atoms with van der Waals surface area (Å²) in [5.41, 5.74) is 2.84. The number of likely N-dealkylation sites (tertiary alicyclic amines) is 2. The van der Waals surface area contributed by atoms with Crippen molar-refractivity contribution < 1.29 is 14.7 Å². The number of hydrogen-bond acceptors (Lipinski definition) is 7. The van der Waals surface area contributed by atoms with Crippen LogP contribution in [0, 0.1) is 5.92 Å². The molecular formula is C34H34N6O4S. The average molecular weight is 623 g/mol. The molecule has 0 aliphatic carbocycles. The molecule has 45 heavy (non-hydrogen) atoms. The number of aromatic nitrogens is 4. The molecule has 7 rings (SSSR count). The minimum atomic E-state index is -1.14. The van der Waals surface area contributed by atoms with Gasteiger partial charge in [-0.3, -0.25) is 23.9 Å². The number of benzene rings is 2. The molecule has 2 fully saturated rings. The number of fused-ring (bicyclic) bond motifs is 1. The number of carbonyl (C=O) groups excluding carboxylic acids is 2. The summed E-state index contributed by atoms with van der Waals surface area (Å²) in [4.78, 5) is 53.4. The Morgan fingerprint density at radius 1 is 0.956 bits per heavy atom. The Hall–Kier alpha value is -4.61. The molecule has 2 amide bonds. The van der Waals surface area contributed by atoms with Gasteiger partial charge < -0.3 is 19.5 Å². The van der Waals surface area contributed by atoms with E-state index in [1.807, 2.05) is 81.2 Å². The van der Waals surface area contributed by atoms with E-state index in [9.17, 15) is 19.5 Å². The van der Waals surface area contributed by atoms with Crippen LogP contribution < -0.4 is 5.56 Å². The zero-order valence-electron chi connectivity index (χ0n) is 24.7. The van der Waals surface area contributed by atoms with Crippen molar-refractivity contribution in [3.63, 3.8) is 0 Å². The number of hydrogen-bond donors (Lipinski definition) is 1. The van der Waals surface area contributed by atoms with Crippen LogP contribution >= 0.6 is 11.3 Å². The maximum absolute atomic E-state index is 14.0. The Balaban J connectivity index is 1.04. The fourth-order valence-corrected chi connectivity index (χ4v) is 7.35. The monoisotopic (exact) mass is 622 g/mol. The van der Waals surface area contributed by atoms with Crippen molar-refractivity contribution in [1.82, 2.24) is 28.9 Å². The van der Waals surface area contributed by atoms with E-state index in [0.29, 0.717) is 61.4 Å². The molecule has 3 aromatic heterocycles. The molecule has 0 unspecified atom stereocenters. The lowest BCUT2D eigenvalue weighted by atomic mass is 9.79. The summed E-state index contributed by atoms with van der Waals surface area (Å²) in [6, 6.07) is 21.4. The van der Waals surface area contributed by atoms with Crippen LogP contribution in [-0.2, 0) is 11.3 Å². The SMILES string of the molecule is O=C(c1cncs1)N1CC[C@@H](C(=O)N2CCC(O)(Cn3cnc4c(ccn4-c4ccccc4)c3=O)CC2)[C@H](c2ccccc2)C1. The average Bonchev–Trinajstić information content (AvgIpc) is 3.78. The second-order valence-corrected chi connectivity index (χ2v) is 12.9. The molecule has 0 saturated carbocycles. The van der Waals surface area contributed by atoms with Crippen LogP contribution in [0.15, 0.2) is 95.8 Å². The first-order valence-corrected chi connectivity index (χ1v) is 16.1. The van der Waals surface area contributed by atoms with Gasteiger partial charge in [-0.1, -0.05) is 48.5 Å². The third-order valence-electron chi connectivity index (χ3n) is 9.26. The molecule has 0 radical (unpaired) electrons. The zero-order chi connectivity index (χ0) is 31.0. The molecule has 0 bridgehead atoms. The van der Waals surface area contributed by atoms with Gasteiger partial charge in [-0.2, -0.15) is 0 Å². The second kappa shape index (κ2) is 12.1. The molecule has 11 heteroatoms. The van der Waals surface area contributed by atoms with Gasteiger partial charge in [-0.15, -0.1) is 11.3 Å². The van der Waals surface area contributed by atoms with Crippen LogP contribution in [-0.4, -0.2) is 77.6 Å². The number of rotatable bonds is 6. The van der Waals surface area contributed by atoms with E-state index in [-0.39, 0.29) is 35.8 Å². The Morgan fingerprint density at radius 2 is 1.69 bits per heavy atom. The van der Waals surface area contributed by atoms with Crippen LogP contribution in [0.3, 0.4) is 0 Å². The van der Waals surface area contributed by atoms with Gasteiger partial charge in [0.25, 0.3) is 11.5 Å². The Kier molecular flexibility index (Phi) is 7.80. The standard InChI is InChI=1S/C34H34N6O4S/c41-31(26-11-15-38(33(43)29-19-35-23-45-29)20-28(26)24-7-3-1-4-8-24)37-17-13-34(44,14-18-37)21-39-22-36-30-27(32(39)42)12-16-40(30)25-9-5-2-6-10-25/h1-10,12,16,19,22-23,26,28,44H,11,13-15,17-18,20-21H2/t26-,28+/m1/s1. The predicted molar refractivity (Wildman–Crippen MR) is 171 cm³/mol. The number of thiazole rings is 1. The summed E-state index contributed by atoms with van der Waals surface area (Å²) in [5.74, 6) is -0.401. The van der Waals surface area contributed by atoms with Gasteiger partial charge in [0.15, 0.2) is 5.65 Å². The topological polar surface area (TPSA) is 114 Å². The molecule has 2 saturated heterocycles. The van der Waals surface area contributed by atoms with Crippen molar-refractivity contribution in [2.24, 2.45) is 5.92 Å². The number of piperidine rings is 2. The lowest BCUT2D eigenvalue weighted by molar-refractivity contribution is -0.142. The van der Waals surface area contributed by atoms with Gasteiger partial charge >= 0.3 is 0 Å². The first kappa shape index (κ1) is 29.1. The fraction of sp³-hybridized carbons (Fsp3) is 0.324. The summed E-state index contributed by atoms with van der Waals surface area (Å²) in [6.45, 7) is 1.85.